The quantitative estimate of drug-likeness (QED) is 0.482. The Hall–Kier alpha value is -2.73. The van der Waals surface area contributed by atoms with Crippen molar-refractivity contribution in [1.29, 1.82) is 0 Å². The highest BCUT2D eigenvalue weighted by Gasteiger charge is 2.08. The second-order valence-electron chi connectivity index (χ2n) is 4.66. The molecule has 2 N–H and O–H groups in total. The van der Waals surface area contributed by atoms with Crippen LogP contribution >= 0.6 is 11.6 Å². The maximum Gasteiger partial charge on any atom is 0.249 e. The van der Waals surface area contributed by atoms with Crippen molar-refractivity contribution >= 4 is 29.6 Å². The minimum absolute atomic E-state index is 0.298. The summed E-state index contributed by atoms with van der Waals surface area (Å²) in [6, 6.07) is 10.6. The maximum atomic E-state index is 11.6. The van der Waals surface area contributed by atoms with E-state index in [4.69, 9.17) is 11.6 Å². The van der Waals surface area contributed by atoms with Crippen LogP contribution in [0.5, 0.6) is 0 Å². The van der Waals surface area contributed by atoms with Gasteiger partial charge in [-0.1, -0.05) is 29.8 Å². The number of aromatic nitrogens is 1. The van der Waals surface area contributed by atoms with Gasteiger partial charge in [-0.05, 0) is 29.3 Å². The molecule has 0 saturated carbocycles. The molecule has 1 heterocycles. The zero-order valence-electron chi connectivity index (χ0n) is 12.2. The summed E-state index contributed by atoms with van der Waals surface area (Å²) in [4.78, 5) is 27.2. The van der Waals surface area contributed by atoms with Crippen molar-refractivity contribution in [2.24, 2.45) is 5.10 Å². The number of halogens is 1. The van der Waals surface area contributed by atoms with E-state index in [0.29, 0.717) is 11.6 Å². The topological polar surface area (TPSA) is 83.5 Å². The lowest BCUT2D eigenvalue weighted by atomic mass is 10.2. The standard InChI is InChI=1S/C16H15ClN4O2/c17-14-5-1-3-12(7-14)11-20-21-16(23)8-15(22)19-10-13-4-2-6-18-9-13/h1-7,9,11H,8,10H2,(H,19,22)(H,21,23)/b20-11-. The maximum absolute atomic E-state index is 11.6. The highest BCUT2D eigenvalue weighted by molar-refractivity contribution is 6.30. The fourth-order valence-electron chi connectivity index (χ4n) is 1.72. The lowest BCUT2D eigenvalue weighted by Crippen LogP contribution is -2.29. The van der Waals surface area contributed by atoms with E-state index in [1.165, 1.54) is 6.21 Å². The van der Waals surface area contributed by atoms with Gasteiger partial charge in [0.25, 0.3) is 0 Å². The zero-order chi connectivity index (χ0) is 16.5. The van der Waals surface area contributed by atoms with Gasteiger partial charge in [-0.2, -0.15) is 5.10 Å². The smallest absolute Gasteiger partial charge is 0.249 e. The summed E-state index contributed by atoms with van der Waals surface area (Å²) in [5.41, 5.74) is 3.90. The third-order valence-corrected chi connectivity index (χ3v) is 3.02. The van der Waals surface area contributed by atoms with Crippen molar-refractivity contribution in [3.63, 3.8) is 0 Å². The van der Waals surface area contributed by atoms with E-state index >= 15 is 0 Å². The first-order valence-corrected chi connectivity index (χ1v) is 7.24. The third kappa shape index (κ3) is 6.27. The number of carbonyl (C=O) groups excluding carboxylic acids is 2. The average Bonchev–Trinajstić information content (AvgIpc) is 2.54. The molecule has 2 rings (SSSR count). The van der Waals surface area contributed by atoms with Crippen LogP contribution in [0.3, 0.4) is 0 Å². The average molecular weight is 331 g/mol. The molecule has 0 aliphatic carbocycles. The molecule has 0 unspecified atom stereocenters. The highest BCUT2D eigenvalue weighted by Crippen LogP contribution is 2.08. The second-order valence-corrected chi connectivity index (χ2v) is 5.10. The van der Waals surface area contributed by atoms with Crippen LogP contribution in [0.4, 0.5) is 0 Å². The van der Waals surface area contributed by atoms with Gasteiger partial charge in [-0.15, -0.1) is 0 Å². The van der Waals surface area contributed by atoms with Crippen molar-refractivity contribution in [2.75, 3.05) is 0 Å². The van der Waals surface area contributed by atoms with E-state index in [0.717, 1.165) is 11.1 Å². The summed E-state index contributed by atoms with van der Waals surface area (Å²) in [6.07, 6.45) is 4.46. The lowest BCUT2D eigenvalue weighted by molar-refractivity contribution is -0.129. The molecule has 0 radical (unpaired) electrons. The number of hydrogen-bond donors (Lipinski definition) is 2. The first-order chi connectivity index (χ1) is 11.1. The Kier molecular flexibility index (Phi) is 6.26. The van der Waals surface area contributed by atoms with Gasteiger partial charge in [0.05, 0.1) is 6.21 Å². The molecule has 0 fully saturated rings. The van der Waals surface area contributed by atoms with Crippen molar-refractivity contribution in [1.82, 2.24) is 15.7 Å². The second kappa shape index (κ2) is 8.65. The molecule has 7 heteroatoms. The Labute approximate surface area is 138 Å². The Morgan fingerprint density at radius 3 is 2.83 bits per heavy atom. The molecule has 1 aromatic carbocycles. The summed E-state index contributed by atoms with van der Waals surface area (Å²) < 4.78 is 0. The third-order valence-electron chi connectivity index (χ3n) is 2.79. The molecule has 2 aromatic rings. The summed E-state index contributed by atoms with van der Waals surface area (Å²) >= 11 is 5.83. The van der Waals surface area contributed by atoms with Gasteiger partial charge in [0.2, 0.25) is 11.8 Å². The zero-order valence-corrected chi connectivity index (χ0v) is 13.0. The molecule has 0 aliphatic heterocycles. The molecule has 23 heavy (non-hydrogen) atoms. The number of carbonyl (C=O) groups is 2. The monoisotopic (exact) mass is 330 g/mol. The van der Waals surface area contributed by atoms with Gasteiger partial charge < -0.3 is 5.32 Å². The molecular formula is C16H15ClN4O2. The van der Waals surface area contributed by atoms with Crippen LogP contribution < -0.4 is 10.7 Å². The Balaban J connectivity index is 1.72. The number of hydrogen-bond acceptors (Lipinski definition) is 4. The molecule has 1 aromatic heterocycles. The van der Waals surface area contributed by atoms with Crippen LogP contribution in [0.25, 0.3) is 0 Å². The van der Waals surface area contributed by atoms with Crippen LogP contribution in [0, 0.1) is 0 Å². The van der Waals surface area contributed by atoms with Gasteiger partial charge in [-0.25, -0.2) is 5.43 Å². The fraction of sp³-hybridized carbons (Fsp3) is 0.125. The number of nitrogens with zero attached hydrogens (tertiary/aromatic N) is 2. The Morgan fingerprint density at radius 1 is 1.22 bits per heavy atom. The van der Waals surface area contributed by atoms with Crippen LogP contribution in [0.1, 0.15) is 17.5 Å². The van der Waals surface area contributed by atoms with Gasteiger partial charge in [0.15, 0.2) is 0 Å². The number of hydrazone groups is 1. The molecule has 2 amide bonds. The van der Waals surface area contributed by atoms with Crippen molar-refractivity contribution in [2.45, 2.75) is 13.0 Å². The van der Waals surface area contributed by atoms with Crippen molar-refractivity contribution in [3.8, 4) is 0 Å². The number of benzene rings is 1. The van der Waals surface area contributed by atoms with E-state index in [-0.39, 0.29) is 12.3 Å². The van der Waals surface area contributed by atoms with Gasteiger partial charge >= 0.3 is 0 Å². The summed E-state index contributed by atoms with van der Waals surface area (Å²) in [5.74, 6) is -0.878. The highest BCUT2D eigenvalue weighted by atomic mass is 35.5. The molecule has 0 bridgehead atoms. The predicted molar refractivity (Wildman–Crippen MR) is 87.9 cm³/mol. The number of nitrogens with one attached hydrogen (secondary N) is 2. The largest absolute Gasteiger partial charge is 0.352 e. The van der Waals surface area contributed by atoms with Crippen LogP contribution in [0.15, 0.2) is 53.9 Å². The fourth-order valence-corrected chi connectivity index (χ4v) is 1.92. The molecular weight excluding hydrogens is 316 g/mol. The van der Waals surface area contributed by atoms with E-state index in [1.54, 1.807) is 42.7 Å². The predicted octanol–water partition coefficient (Wildman–Crippen LogP) is 1.89. The minimum atomic E-state index is -0.494. The van der Waals surface area contributed by atoms with E-state index in [1.807, 2.05) is 6.07 Å². The summed E-state index contributed by atoms with van der Waals surface area (Å²) in [5, 5.41) is 7.00. The van der Waals surface area contributed by atoms with E-state index < -0.39 is 5.91 Å². The van der Waals surface area contributed by atoms with Gasteiger partial charge in [0, 0.05) is 24.0 Å². The Morgan fingerprint density at radius 2 is 2.09 bits per heavy atom. The molecule has 0 aliphatic rings. The van der Waals surface area contributed by atoms with Crippen LogP contribution in [0.2, 0.25) is 5.02 Å². The van der Waals surface area contributed by atoms with Crippen LogP contribution in [-0.4, -0.2) is 23.0 Å². The number of amides is 2. The summed E-state index contributed by atoms with van der Waals surface area (Å²) in [6.45, 7) is 0.325. The van der Waals surface area contributed by atoms with Gasteiger partial charge in [-0.3, -0.25) is 14.6 Å². The SMILES string of the molecule is O=C(CC(=O)N/N=C\c1cccc(Cl)c1)NCc1cccnc1. The first-order valence-electron chi connectivity index (χ1n) is 6.86. The molecule has 0 atom stereocenters. The Bertz CT molecular complexity index is 704. The van der Waals surface area contributed by atoms with Crippen LogP contribution in [-0.2, 0) is 16.1 Å². The first kappa shape index (κ1) is 16.6. The summed E-state index contributed by atoms with van der Waals surface area (Å²) in [7, 11) is 0. The molecule has 6 nitrogen and oxygen atoms in total. The minimum Gasteiger partial charge on any atom is -0.352 e. The lowest BCUT2D eigenvalue weighted by Gasteiger charge is -2.04. The molecule has 118 valence electrons. The normalized spacial score (nSPS) is 10.5. The van der Waals surface area contributed by atoms with Crippen molar-refractivity contribution in [3.05, 3.63) is 64.9 Å². The van der Waals surface area contributed by atoms with Gasteiger partial charge in [0.1, 0.15) is 6.42 Å². The van der Waals surface area contributed by atoms with E-state index in [2.05, 4.69) is 20.8 Å². The molecule has 0 spiro atoms. The van der Waals surface area contributed by atoms with E-state index in [9.17, 15) is 9.59 Å². The number of rotatable bonds is 6. The van der Waals surface area contributed by atoms with Crippen molar-refractivity contribution < 1.29 is 9.59 Å². The number of pyridine rings is 1. The molecule has 0 saturated heterocycles.